The summed E-state index contributed by atoms with van der Waals surface area (Å²) in [7, 11) is 2.81. The van der Waals surface area contributed by atoms with Gasteiger partial charge in [0, 0.05) is 8.95 Å². The molecule has 2 aliphatic rings. The first kappa shape index (κ1) is 31.2. The average Bonchev–Trinajstić information content (AvgIpc) is 3.35. The molecule has 0 aliphatic heterocycles. The summed E-state index contributed by atoms with van der Waals surface area (Å²) in [6.07, 6.45) is 4.36. The van der Waals surface area contributed by atoms with E-state index in [2.05, 4.69) is 129 Å². The van der Waals surface area contributed by atoms with Gasteiger partial charge in [-0.2, -0.15) is 0 Å². The second-order valence-corrected chi connectivity index (χ2v) is 14.0. The van der Waals surface area contributed by atoms with E-state index in [-0.39, 0.29) is 0 Å². The molecule has 6 aromatic rings. The number of carbonyl (C=O) groups excluding carboxylic acids is 2. The molecule has 2 aliphatic carbocycles. The number of fused-ring (bicyclic) bond motifs is 9. The molecule has 0 aromatic heterocycles. The Balaban J connectivity index is 1.48. The molecule has 0 atom stereocenters. The Morgan fingerprint density at radius 2 is 0.918 bits per heavy atom. The SMILES string of the molecule is COC(=O)c1cc(Br)ccc1-c1ccc2c(c1)C1(c3cc(-c4ccc(Br)cc4C(=O)OC)ccc3C=C2)c2ccccc2-c2ccccc21. The summed E-state index contributed by atoms with van der Waals surface area (Å²) in [4.78, 5) is 26.1. The molecule has 49 heavy (non-hydrogen) atoms. The summed E-state index contributed by atoms with van der Waals surface area (Å²) in [6, 6.07) is 41.6. The molecular formula is C43H28Br2O4. The number of hydrogen-bond donors (Lipinski definition) is 0. The highest BCUT2D eigenvalue weighted by atomic mass is 79.9. The van der Waals surface area contributed by atoms with E-state index in [1.54, 1.807) is 12.1 Å². The van der Waals surface area contributed by atoms with Crippen molar-refractivity contribution in [3.8, 4) is 33.4 Å². The maximum absolute atomic E-state index is 13.0. The molecule has 0 N–H and O–H groups in total. The van der Waals surface area contributed by atoms with Crippen molar-refractivity contribution in [2.45, 2.75) is 5.41 Å². The molecule has 6 aromatic carbocycles. The molecule has 0 radical (unpaired) electrons. The molecule has 0 amide bonds. The van der Waals surface area contributed by atoms with Gasteiger partial charge < -0.3 is 9.47 Å². The summed E-state index contributed by atoms with van der Waals surface area (Å²) in [5.74, 6) is -0.799. The van der Waals surface area contributed by atoms with Crippen molar-refractivity contribution in [2.24, 2.45) is 0 Å². The van der Waals surface area contributed by atoms with Crippen LogP contribution in [0.2, 0.25) is 0 Å². The number of ether oxygens (including phenoxy) is 2. The van der Waals surface area contributed by atoms with Crippen LogP contribution in [0, 0.1) is 0 Å². The molecule has 238 valence electrons. The third kappa shape index (κ3) is 4.85. The predicted molar refractivity (Wildman–Crippen MR) is 202 cm³/mol. The Bertz CT molecular complexity index is 2220. The average molecular weight is 769 g/mol. The van der Waals surface area contributed by atoms with Gasteiger partial charge in [-0.1, -0.05) is 129 Å². The van der Waals surface area contributed by atoms with Gasteiger partial charge in [-0.25, -0.2) is 9.59 Å². The first-order chi connectivity index (χ1) is 23.8. The first-order valence-electron chi connectivity index (χ1n) is 15.8. The van der Waals surface area contributed by atoms with Crippen LogP contribution in [0.3, 0.4) is 0 Å². The number of rotatable bonds is 4. The summed E-state index contributed by atoms with van der Waals surface area (Å²) >= 11 is 7.08. The molecule has 8 rings (SSSR count). The number of hydrogen-bond acceptors (Lipinski definition) is 4. The smallest absolute Gasteiger partial charge is 0.338 e. The fourth-order valence-electron chi connectivity index (χ4n) is 7.62. The van der Waals surface area contributed by atoms with Crippen LogP contribution in [-0.2, 0) is 14.9 Å². The quantitative estimate of drug-likeness (QED) is 0.167. The summed E-state index contributed by atoms with van der Waals surface area (Å²) in [5, 5.41) is 0. The monoisotopic (exact) mass is 766 g/mol. The lowest BCUT2D eigenvalue weighted by Crippen LogP contribution is -2.30. The van der Waals surface area contributed by atoms with Crippen molar-refractivity contribution in [3.05, 3.63) is 175 Å². The van der Waals surface area contributed by atoms with E-state index in [0.29, 0.717) is 11.1 Å². The fraction of sp³-hybridized carbons (Fsp3) is 0.0698. The van der Waals surface area contributed by atoms with E-state index in [0.717, 1.165) is 53.5 Å². The van der Waals surface area contributed by atoms with Crippen molar-refractivity contribution in [1.82, 2.24) is 0 Å². The second-order valence-electron chi connectivity index (χ2n) is 12.1. The zero-order valence-corrected chi connectivity index (χ0v) is 29.8. The summed E-state index contributed by atoms with van der Waals surface area (Å²) in [6.45, 7) is 0. The Hall–Kier alpha value is -5.04. The van der Waals surface area contributed by atoms with Crippen LogP contribution in [-0.4, -0.2) is 26.2 Å². The Kier molecular flexibility index (Phi) is 7.73. The molecule has 0 bridgehead atoms. The summed E-state index contributed by atoms with van der Waals surface area (Å²) in [5.41, 5.74) is 12.6. The van der Waals surface area contributed by atoms with Gasteiger partial charge in [0.05, 0.1) is 30.8 Å². The van der Waals surface area contributed by atoms with E-state index in [4.69, 9.17) is 9.47 Å². The zero-order valence-electron chi connectivity index (χ0n) is 26.6. The van der Waals surface area contributed by atoms with Crippen molar-refractivity contribution >= 4 is 56.0 Å². The number of esters is 2. The normalized spacial score (nSPS) is 13.1. The fourth-order valence-corrected chi connectivity index (χ4v) is 8.34. The van der Waals surface area contributed by atoms with Crippen molar-refractivity contribution in [3.63, 3.8) is 0 Å². The van der Waals surface area contributed by atoms with Gasteiger partial charge in [-0.3, -0.25) is 0 Å². The Morgan fingerprint density at radius 3 is 1.35 bits per heavy atom. The van der Waals surface area contributed by atoms with Gasteiger partial charge in [0.15, 0.2) is 0 Å². The highest BCUT2D eigenvalue weighted by Crippen LogP contribution is 2.59. The lowest BCUT2D eigenvalue weighted by Gasteiger charge is -2.36. The molecule has 0 unspecified atom stereocenters. The topological polar surface area (TPSA) is 52.6 Å². The van der Waals surface area contributed by atoms with Crippen LogP contribution >= 0.6 is 31.9 Å². The molecular weight excluding hydrogens is 740 g/mol. The predicted octanol–water partition coefficient (Wildman–Crippen LogP) is 11.0. The van der Waals surface area contributed by atoms with Crippen LogP contribution in [0.25, 0.3) is 45.5 Å². The van der Waals surface area contributed by atoms with Gasteiger partial charge in [0.1, 0.15) is 0 Å². The molecule has 0 fully saturated rings. The standard InChI is InChI=1S/C43H28Br2O4/c1-48-41(46)35-23-29(44)17-19-31(35)27-15-13-25-11-12-26-14-16-28(32-20-18-30(45)24-36(32)42(47)49-2)22-40(26)43(39(25)21-27)37-9-5-3-7-33(37)34-8-4-6-10-38(34)43/h3-24H,1-2H3. The minimum atomic E-state index is -0.727. The van der Waals surface area contributed by atoms with Crippen LogP contribution in [0.15, 0.2) is 130 Å². The van der Waals surface area contributed by atoms with Gasteiger partial charge in [0.2, 0.25) is 0 Å². The van der Waals surface area contributed by atoms with Gasteiger partial charge in [0.25, 0.3) is 0 Å². The van der Waals surface area contributed by atoms with Crippen molar-refractivity contribution in [1.29, 1.82) is 0 Å². The highest BCUT2D eigenvalue weighted by molar-refractivity contribution is 9.10. The summed E-state index contributed by atoms with van der Waals surface area (Å²) < 4.78 is 12.0. The van der Waals surface area contributed by atoms with Crippen LogP contribution in [0.4, 0.5) is 0 Å². The van der Waals surface area contributed by atoms with E-state index < -0.39 is 17.4 Å². The minimum absolute atomic E-state index is 0.400. The largest absolute Gasteiger partial charge is 0.465 e. The Morgan fingerprint density at radius 1 is 0.490 bits per heavy atom. The first-order valence-corrected chi connectivity index (χ1v) is 17.4. The highest BCUT2D eigenvalue weighted by Gasteiger charge is 2.48. The zero-order chi connectivity index (χ0) is 33.9. The molecule has 6 heteroatoms. The van der Waals surface area contributed by atoms with Gasteiger partial charge in [-0.15, -0.1) is 0 Å². The van der Waals surface area contributed by atoms with E-state index >= 15 is 0 Å². The third-order valence-electron chi connectivity index (χ3n) is 9.71. The maximum Gasteiger partial charge on any atom is 0.338 e. The lowest BCUT2D eigenvalue weighted by atomic mass is 9.65. The molecule has 0 saturated heterocycles. The van der Waals surface area contributed by atoms with E-state index in [1.165, 1.54) is 36.5 Å². The van der Waals surface area contributed by atoms with Crippen molar-refractivity contribution < 1.29 is 19.1 Å². The van der Waals surface area contributed by atoms with Crippen molar-refractivity contribution in [2.75, 3.05) is 14.2 Å². The van der Waals surface area contributed by atoms with Crippen LogP contribution in [0.1, 0.15) is 54.1 Å². The van der Waals surface area contributed by atoms with E-state index in [9.17, 15) is 9.59 Å². The number of carbonyl (C=O) groups is 2. The molecule has 1 spiro atoms. The molecule has 4 nitrogen and oxygen atoms in total. The molecule has 0 heterocycles. The Labute approximate surface area is 301 Å². The number of benzene rings is 6. The maximum atomic E-state index is 13.0. The van der Waals surface area contributed by atoms with Crippen LogP contribution in [0.5, 0.6) is 0 Å². The molecule has 0 saturated carbocycles. The third-order valence-corrected chi connectivity index (χ3v) is 10.7. The van der Waals surface area contributed by atoms with Gasteiger partial charge in [-0.05, 0) is 103 Å². The second kappa shape index (κ2) is 12.1. The number of methoxy groups -OCH3 is 2. The lowest BCUT2D eigenvalue weighted by molar-refractivity contribution is 0.0592. The number of halogens is 2. The van der Waals surface area contributed by atoms with E-state index in [1.807, 2.05) is 24.3 Å². The van der Waals surface area contributed by atoms with Gasteiger partial charge >= 0.3 is 11.9 Å². The van der Waals surface area contributed by atoms with Crippen LogP contribution < -0.4 is 0 Å². The minimum Gasteiger partial charge on any atom is -0.465 e.